The van der Waals surface area contributed by atoms with Gasteiger partial charge in [0.1, 0.15) is 5.82 Å². The van der Waals surface area contributed by atoms with Crippen LogP contribution in [0.3, 0.4) is 0 Å². The van der Waals surface area contributed by atoms with E-state index in [9.17, 15) is 0 Å². The van der Waals surface area contributed by atoms with E-state index in [0.29, 0.717) is 18.1 Å². The van der Waals surface area contributed by atoms with Gasteiger partial charge in [-0.15, -0.1) is 0 Å². The lowest BCUT2D eigenvalue weighted by Gasteiger charge is -2.36. The minimum Gasteiger partial charge on any atom is -0.364 e. The Kier molecular flexibility index (Phi) is 5.32. The van der Waals surface area contributed by atoms with Crippen molar-refractivity contribution in [3.63, 3.8) is 0 Å². The van der Waals surface area contributed by atoms with Crippen molar-refractivity contribution >= 4 is 11.8 Å². The zero-order valence-electron chi connectivity index (χ0n) is 18.4. The summed E-state index contributed by atoms with van der Waals surface area (Å²) in [5, 5.41) is 3.50. The van der Waals surface area contributed by atoms with Gasteiger partial charge < -0.3 is 10.2 Å². The molecule has 3 aromatic rings. The fourth-order valence-corrected chi connectivity index (χ4v) is 4.94. The van der Waals surface area contributed by atoms with Gasteiger partial charge in [-0.2, -0.15) is 0 Å². The molecule has 2 aliphatic heterocycles. The van der Waals surface area contributed by atoms with E-state index in [0.717, 1.165) is 36.1 Å². The molecule has 5 rings (SSSR count). The van der Waals surface area contributed by atoms with Crippen molar-refractivity contribution in [1.82, 2.24) is 19.9 Å². The molecule has 2 unspecified atom stereocenters. The molecule has 4 heterocycles. The number of benzene rings is 1. The molecule has 0 radical (unpaired) electrons. The van der Waals surface area contributed by atoms with E-state index in [1.165, 1.54) is 12.0 Å². The first-order valence-electron chi connectivity index (χ1n) is 11.2. The second kappa shape index (κ2) is 8.27. The number of hydrogen-bond acceptors (Lipinski definition) is 6. The van der Waals surface area contributed by atoms with Crippen LogP contribution >= 0.6 is 0 Å². The third-order valence-electron chi connectivity index (χ3n) is 6.57. The Bertz CT molecular complexity index is 1040. The number of likely N-dealkylation sites (tertiary alicyclic amines) is 1. The minimum atomic E-state index is 0.175. The fraction of sp³-hybridized carbons (Fsp3) is 0.400. The van der Waals surface area contributed by atoms with Crippen molar-refractivity contribution in [3.05, 3.63) is 66.5 Å². The zero-order valence-corrected chi connectivity index (χ0v) is 18.4. The SMILES string of the molecule is CC(Nc1cc(-c2ccnc(N3CC4C[C@H]3CN4C(C)C)n2)ccn1)c1ccccc1. The molecule has 0 amide bonds. The Hall–Kier alpha value is -2.99. The molecule has 2 aliphatic rings. The number of hydrogen-bond donors (Lipinski definition) is 1. The summed E-state index contributed by atoms with van der Waals surface area (Å²) < 4.78 is 0. The minimum absolute atomic E-state index is 0.175. The van der Waals surface area contributed by atoms with Gasteiger partial charge in [-0.05, 0) is 51.0 Å². The van der Waals surface area contributed by atoms with Crippen molar-refractivity contribution in [2.24, 2.45) is 0 Å². The molecule has 3 atom stereocenters. The summed E-state index contributed by atoms with van der Waals surface area (Å²) in [6, 6.07) is 18.4. The average Bonchev–Trinajstić information content (AvgIpc) is 3.41. The number of rotatable bonds is 6. The molecular weight excluding hydrogens is 384 g/mol. The van der Waals surface area contributed by atoms with Gasteiger partial charge in [-0.1, -0.05) is 30.3 Å². The largest absolute Gasteiger partial charge is 0.364 e. The Morgan fingerprint density at radius 2 is 1.74 bits per heavy atom. The summed E-state index contributed by atoms with van der Waals surface area (Å²) >= 11 is 0. The summed E-state index contributed by atoms with van der Waals surface area (Å²) in [6.07, 6.45) is 4.94. The van der Waals surface area contributed by atoms with Crippen molar-refractivity contribution in [1.29, 1.82) is 0 Å². The van der Waals surface area contributed by atoms with Gasteiger partial charge in [-0.3, -0.25) is 4.90 Å². The molecule has 6 nitrogen and oxygen atoms in total. The highest BCUT2D eigenvalue weighted by atomic mass is 15.4. The lowest BCUT2D eigenvalue weighted by molar-refractivity contribution is 0.190. The van der Waals surface area contributed by atoms with E-state index >= 15 is 0 Å². The molecule has 2 aromatic heterocycles. The highest BCUT2D eigenvalue weighted by Crippen LogP contribution is 2.34. The molecule has 31 heavy (non-hydrogen) atoms. The van der Waals surface area contributed by atoms with Crippen LogP contribution in [0, 0.1) is 0 Å². The summed E-state index contributed by atoms with van der Waals surface area (Å²) in [4.78, 5) is 19.1. The number of nitrogens with zero attached hydrogens (tertiary/aromatic N) is 5. The summed E-state index contributed by atoms with van der Waals surface area (Å²) in [5.74, 6) is 1.69. The predicted molar refractivity (Wildman–Crippen MR) is 125 cm³/mol. The summed E-state index contributed by atoms with van der Waals surface area (Å²) in [5.41, 5.74) is 3.22. The molecule has 2 fully saturated rings. The molecule has 1 N–H and O–H groups in total. The Morgan fingerprint density at radius 3 is 2.48 bits per heavy atom. The van der Waals surface area contributed by atoms with Crippen LogP contribution in [-0.2, 0) is 0 Å². The van der Waals surface area contributed by atoms with Crippen molar-refractivity contribution < 1.29 is 0 Å². The molecule has 2 saturated heterocycles. The van der Waals surface area contributed by atoms with Gasteiger partial charge in [0.25, 0.3) is 0 Å². The van der Waals surface area contributed by atoms with Crippen molar-refractivity contribution in [2.75, 3.05) is 23.3 Å². The standard InChI is InChI=1S/C25H30N6/c1-17(2)30-15-22-14-21(30)16-31(22)25-27-12-10-23(29-25)20-9-11-26-24(13-20)28-18(3)19-7-5-4-6-8-19/h4-13,17-18,21-22H,14-16H2,1-3H3,(H,26,28)/t18?,21?,22-/m0/s1. The molecule has 1 aromatic carbocycles. The predicted octanol–water partition coefficient (Wildman–Crippen LogP) is 4.38. The number of nitrogens with one attached hydrogen (secondary N) is 1. The highest BCUT2D eigenvalue weighted by molar-refractivity contribution is 5.64. The van der Waals surface area contributed by atoms with E-state index in [1.807, 2.05) is 30.6 Å². The quantitative estimate of drug-likeness (QED) is 0.646. The van der Waals surface area contributed by atoms with Gasteiger partial charge in [0.15, 0.2) is 0 Å². The van der Waals surface area contributed by atoms with E-state index in [-0.39, 0.29) is 6.04 Å². The summed E-state index contributed by atoms with van der Waals surface area (Å²) in [6.45, 7) is 8.85. The van der Waals surface area contributed by atoms with E-state index in [4.69, 9.17) is 4.98 Å². The van der Waals surface area contributed by atoms with Crippen molar-refractivity contribution in [3.8, 4) is 11.3 Å². The first kappa shape index (κ1) is 19.9. The second-order valence-electron chi connectivity index (χ2n) is 8.93. The maximum absolute atomic E-state index is 4.93. The maximum atomic E-state index is 4.93. The number of anilines is 2. The Labute approximate surface area is 184 Å². The van der Waals surface area contributed by atoms with Crippen LogP contribution in [0.4, 0.5) is 11.8 Å². The fourth-order valence-electron chi connectivity index (χ4n) is 4.94. The first-order valence-corrected chi connectivity index (χ1v) is 11.2. The van der Waals surface area contributed by atoms with Crippen LogP contribution in [0.1, 0.15) is 38.8 Å². The average molecular weight is 415 g/mol. The van der Waals surface area contributed by atoms with Crippen molar-refractivity contribution in [2.45, 2.75) is 51.4 Å². The van der Waals surface area contributed by atoms with E-state index < -0.39 is 0 Å². The summed E-state index contributed by atoms with van der Waals surface area (Å²) in [7, 11) is 0. The van der Waals surface area contributed by atoms with Crippen LogP contribution < -0.4 is 10.2 Å². The van der Waals surface area contributed by atoms with Crippen LogP contribution in [0.15, 0.2) is 60.9 Å². The van der Waals surface area contributed by atoms with Gasteiger partial charge >= 0.3 is 0 Å². The molecule has 0 aliphatic carbocycles. The molecular formula is C25H30N6. The monoisotopic (exact) mass is 414 g/mol. The Morgan fingerprint density at radius 1 is 0.935 bits per heavy atom. The molecule has 0 saturated carbocycles. The van der Waals surface area contributed by atoms with E-state index in [2.05, 4.69) is 76.2 Å². The van der Waals surface area contributed by atoms with Gasteiger partial charge in [0.05, 0.1) is 5.69 Å². The Balaban J connectivity index is 1.33. The highest BCUT2D eigenvalue weighted by Gasteiger charge is 2.44. The van der Waals surface area contributed by atoms with Gasteiger partial charge in [0.2, 0.25) is 5.95 Å². The normalized spacial score (nSPS) is 21.6. The van der Waals surface area contributed by atoms with E-state index in [1.54, 1.807) is 0 Å². The van der Waals surface area contributed by atoms with Crippen LogP contribution in [0.2, 0.25) is 0 Å². The lowest BCUT2D eigenvalue weighted by atomic mass is 10.1. The lowest BCUT2D eigenvalue weighted by Crippen LogP contribution is -2.49. The number of pyridine rings is 1. The number of piperazine rings is 1. The van der Waals surface area contributed by atoms with Crippen LogP contribution in [0.5, 0.6) is 0 Å². The molecule has 2 bridgehead atoms. The molecule has 160 valence electrons. The van der Waals surface area contributed by atoms with Gasteiger partial charge in [0, 0.05) is 55.2 Å². The molecule has 0 spiro atoms. The third-order valence-corrected chi connectivity index (χ3v) is 6.57. The zero-order chi connectivity index (χ0) is 21.4. The van der Waals surface area contributed by atoms with Gasteiger partial charge in [-0.25, -0.2) is 15.0 Å². The smallest absolute Gasteiger partial charge is 0.226 e. The number of aromatic nitrogens is 3. The first-order chi connectivity index (χ1) is 15.1. The third kappa shape index (κ3) is 4.00. The van der Waals surface area contributed by atoms with Crippen LogP contribution in [-0.4, -0.2) is 51.1 Å². The number of fused-ring (bicyclic) bond motifs is 2. The maximum Gasteiger partial charge on any atom is 0.226 e. The topological polar surface area (TPSA) is 57.2 Å². The van der Waals surface area contributed by atoms with Crippen LogP contribution in [0.25, 0.3) is 11.3 Å². The molecule has 6 heteroatoms. The second-order valence-corrected chi connectivity index (χ2v) is 8.93.